The van der Waals surface area contributed by atoms with E-state index in [0.717, 1.165) is 25.1 Å². The normalized spacial score (nSPS) is 12.6. The van der Waals surface area contributed by atoms with E-state index in [9.17, 15) is 4.39 Å². The Bertz CT molecular complexity index is 568. The van der Waals surface area contributed by atoms with Crippen LogP contribution in [-0.4, -0.2) is 16.3 Å². The number of benzene rings is 1. The van der Waals surface area contributed by atoms with Gasteiger partial charge in [0.1, 0.15) is 5.82 Å². The molecule has 5 heteroatoms. The van der Waals surface area contributed by atoms with Crippen LogP contribution < -0.4 is 5.32 Å². The third-order valence-corrected chi connectivity index (χ3v) is 3.71. The summed E-state index contributed by atoms with van der Waals surface area (Å²) in [5, 5.41) is 7.64. The van der Waals surface area contributed by atoms with Crippen molar-refractivity contribution in [1.82, 2.24) is 15.1 Å². The molecule has 1 aromatic carbocycles. The molecule has 0 amide bonds. The van der Waals surface area contributed by atoms with Gasteiger partial charge in [-0.1, -0.05) is 30.7 Å². The van der Waals surface area contributed by atoms with E-state index >= 15 is 0 Å². The van der Waals surface area contributed by atoms with Crippen LogP contribution in [0.5, 0.6) is 0 Å². The van der Waals surface area contributed by atoms with Crippen molar-refractivity contribution in [1.29, 1.82) is 0 Å². The Balaban J connectivity index is 2.14. The topological polar surface area (TPSA) is 29.9 Å². The summed E-state index contributed by atoms with van der Waals surface area (Å²) in [5.41, 5.74) is 1.76. The minimum atomic E-state index is -0.329. The SMILES string of the molecule is CCNC(CCc1ccnn1C)c1cccc(Cl)c1F. The van der Waals surface area contributed by atoms with Gasteiger partial charge in [-0.3, -0.25) is 4.68 Å². The lowest BCUT2D eigenvalue weighted by molar-refractivity contribution is 0.479. The summed E-state index contributed by atoms with van der Waals surface area (Å²) in [6.07, 6.45) is 3.41. The largest absolute Gasteiger partial charge is 0.310 e. The fourth-order valence-corrected chi connectivity index (χ4v) is 2.52. The van der Waals surface area contributed by atoms with Crippen molar-refractivity contribution in [3.63, 3.8) is 0 Å². The Labute approximate surface area is 123 Å². The van der Waals surface area contributed by atoms with Gasteiger partial charge in [-0.2, -0.15) is 5.10 Å². The first-order valence-corrected chi connectivity index (χ1v) is 7.15. The molecule has 0 bridgehead atoms. The van der Waals surface area contributed by atoms with Crippen LogP contribution in [0.3, 0.4) is 0 Å². The summed E-state index contributed by atoms with van der Waals surface area (Å²) in [5.74, 6) is -0.329. The van der Waals surface area contributed by atoms with Gasteiger partial charge in [-0.05, 0) is 31.5 Å². The van der Waals surface area contributed by atoms with Crippen LogP contribution in [0.15, 0.2) is 30.5 Å². The quantitative estimate of drug-likeness (QED) is 0.884. The molecule has 0 radical (unpaired) electrons. The Morgan fingerprint density at radius 1 is 1.40 bits per heavy atom. The number of nitrogens with zero attached hydrogens (tertiary/aromatic N) is 2. The predicted molar refractivity (Wildman–Crippen MR) is 79.4 cm³/mol. The molecule has 1 N–H and O–H groups in total. The van der Waals surface area contributed by atoms with Crippen molar-refractivity contribution in [2.24, 2.45) is 7.05 Å². The van der Waals surface area contributed by atoms with E-state index in [1.165, 1.54) is 0 Å². The zero-order valence-electron chi connectivity index (χ0n) is 11.7. The van der Waals surface area contributed by atoms with Gasteiger partial charge >= 0.3 is 0 Å². The number of aromatic nitrogens is 2. The summed E-state index contributed by atoms with van der Waals surface area (Å²) in [6.45, 7) is 2.79. The van der Waals surface area contributed by atoms with Crippen molar-refractivity contribution in [3.05, 3.63) is 52.6 Å². The average Bonchev–Trinajstić information content (AvgIpc) is 2.84. The first-order valence-electron chi connectivity index (χ1n) is 6.77. The second kappa shape index (κ2) is 6.86. The van der Waals surface area contributed by atoms with Crippen molar-refractivity contribution in [2.45, 2.75) is 25.8 Å². The molecule has 1 heterocycles. The van der Waals surface area contributed by atoms with Crippen molar-refractivity contribution in [2.75, 3.05) is 6.54 Å². The lowest BCUT2D eigenvalue weighted by Gasteiger charge is -2.19. The van der Waals surface area contributed by atoms with Crippen molar-refractivity contribution < 1.29 is 4.39 Å². The number of aryl methyl sites for hydroxylation is 2. The fourth-order valence-electron chi connectivity index (χ4n) is 2.34. The van der Waals surface area contributed by atoms with Gasteiger partial charge < -0.3 is 5.32 Å². The number of halogens is 2. The van der Waals surface area contributed by atoms with Crippen LogP contribution in [0.1, 0.15) is 30.6 Å². The molecule has 3 nitrogen and oxygen atoms in total. The molecule has 0 saturated heterocycles. The Morgan fingerprint density at radius 3 is 2.85 bits per heavy atom. The van der Waals surface area contributed by atoms with Crippen LogP contribution in [-0.2, 0) is 13.5 Å². The number of hydrogen-bond acceptors (Lipinski definition) is 2. The smallest absolute Gasteiger partial charge is 0.146 e. The predicted octanol–water partition coefficient (Wildman–Crippen LogP) is 3.50. The van der Waals surface area contributed by atoms with Gasteiger partial charge in [0.25, 0.3) is 0 Å². The highest BCUT2D eigenvalue weighted by Gasteiger charge is 2.17. The van der Waals surface area contributed by atoms with Gasteiger partial charge in [0.05, 0.1) is 5.02 Å². The monoisotopic (exact) mass is 295 g/mol. The molecule has 1 aromatic heterocycles. The third-order valence-electron chi connectivity index (χ3n) is 3.42. The second-order valence-corrected chi connectivity index (χ2v) is 5.15. The van der Waals surface area contributed by atoms with Crippen molar-refractivity contribution >= 4 is 11.6 Å². The Morgan fingerprint density at radius 2 is 2.20 bits per heavy atom. The van der Waals surface area contributed by atoms with Gasteiger partial charge in [0, 0.05) is 30.5 Å². The zero-order valence-corrected chi connectivity index (χ0v) is 12.5. The summed E-state index contributed by atoms with van der Waals surface area (Å²) < 4.78 is 16.0. The summed E-state index contributed by atoms with van der Waals surface area (Å²) in [4.78, 5) is 0. The molecule has 2 rings (SSSR count). The maximum Gasteiger partial charge on any atom is 0.146 e. The highest BCUT2D eigenvalue weighted by atomic mass is 35.5. The first kappa shape index (κ1) is 15.0. The lowest BCUT2D eigenvalue weighted by atomic mass is 10.00. The number of rotatable bonds is 6. The summed E-state index contributed by atoms with van der Waals surface area (Å²) in [6, 6.07) is 7.09. The van der Waals surface area contributed by atoms with Crippen molar-refractivity contribution in [3.8, 4) is 0 Å². The maximum absolute atomic E-state index is 14.1. The van der Waals surface area contributed by atoms with E-state index in [4.69, 9.17) is 11.6 Å². The Kier molecular flexibility index (Phi) is 5.15. The molecule has 108 valence electrons. The van der Waals surface area contributed by atoms with Gasteiger partial charge in [-0.15, -0.1) is 0 Å². The average molecular weight is 296 g/mol. The minimum absolute atomic E-state index is 0.0476. The molecule has 0 saturated carbocycles. The molecule has 1 unspecified atom stereocenters. The Hall–Kier alpha value is -1.39. The highest BCUT2D eigenvalue weighted by molar-refractivity contribution is 6.30. The maximum atomic E-state index is 14.1. The summed E-state index contributed by atoms with van der Waals surface area (Å²) in [7, 11) is 1.91. The molecule has 0 fully saturated rings. The minimum Gasteiger partial charge on any atom is -0.310 e. The zero-order chi connectivity index (χ0) is 14.5. The van der Waals surface area contributed by atoms with Crippen LogP contribution >= 0.6 is 11.6 Å². The summed E-state index contributed by atoms with van der Waals surface area (Å²) >= 11 is 5.87. The first-order chi connectivity index (χ1) is 9.63. The van der Waals surface area contributed by atoms with Gasteiger partial charge in [-0.25, -0.2) is 4.39 Å². The van der Waals surface area contributed by atoms with E-state index in [1.54, 1.807) is 24.4 Å². The highest BCUT2D eigenvalue weighted by Crippen LogP contribution is 2.26. The lowest BCUT2D eigenvalue weighted by Crippen LogP contribution is -2.23. The molecule has 0 spiro atoms. The van der Waals surface area contributed by atoms with E-state index in [-0.39, 0.29) is 16.9 Å². The standard InChI is InChI=1S/C15H19ClFN3/c1-3-18-14(8-7-11-9-10-19-20(11)2)12-5-4-6-13(16)15(12)17/h4-6,9-10,14,18H,3,7-8H2,1-2H3. The molecule has 0 aliphatic rings. The molecular formula is C15H19ClFN3. The third kappa shape index (κ3) is 3.38. The molecule has 0 aliphatic carbocycles. The molecule has 0 aliphatic heterocycles. The van der Waals surface area contributed by atoms with Crippen LogP contribution in [0, 0.1) is 5.82 Å². The van der Waals surface area contributed by atoms with E-state index in [2.05, 4.69) is 10.4 Å². The molecule has 2 aromatic rings. The molecular weight excluding hydrogens is 277 g/mol. The number of nitrogens with one attached hydrogen (secondary N) is 1. The second-order valence-electron chi connectivity index (χ2n) is 4.74. The van der Waals surface area contributed by atoms with Crippen LogP contribution in [0.2, 0.25) is 5.02 Å². The molecule has 20 heavy (non-hydrogen) atoms. The van der Waals surface area contributed by atoms with Crippen LogP contribution in [0.25, 0.3) is 0 Å². The van der Waals surface area contributed by atoms with E-state index < -0.39 is 0 Å². The van der Waals surface area contributed by atoms with Gasteiger partial charge in [0.2, 0.25) is 0 Å². The fraction of sp³-hybridized carbons (Fsp3) is 0.400. The van der Waals surface area contributed by atoms with Crippen LogP contribution in [0.4, 0.5) is 4.39 Å². The molecule has 1 atom stereocenters. The number of hydrogen-bond donors (Lipinski definition) is 1. The van der Waals surface area contributed by atoms with Gasteiger partial charge in [0.15, 0.2) is 0 Å². The van der Waals surface area contributed by atoms with E-state index in [0.29, 0.717) is 5.56 Å². The van der Waals surface area contributed by atoms with E-state index in [1.807, 2.05) is 24.7 Å².